The summed E-state index contributed by atoms with van der Waals surface area (Å²) in [7, 11) is -1.98. The Bertz CT molecular complexity index is 872. The highest BCUT2D eigenvalue weighted by molar-refractivity contribution is 7.88. The summed E-state index contributed by atoms with van der Waals surface area (Å²) in [5, 5.41) is 0.509. The fourth-order valence-electron chi connectivity index (χ4n) is 2.48. The number of rotatable bonds is 7. The second-order valence-corrected chi connectivity index (χ2v) is 8.26. The minimum atomic E-state index is -3.53. The van der Waals surface area contributed by atoms with Gasteiger partial charge in [0.05, 0.1) is 12.3 Å². The van der Waals surface area contributed by atoms with Crippen molar-refractivity contribution in [1.82, 2.24) is 9.62 Å². The summed E-state index contributed by atoms with van der Waals surface area (Å²) < 4.78 is 39.5. The van der Waals surface area contributed by atoms with Gasteiger partial charge in [-0.25, -0.2) is 17.5 Å². The third-order valence-electron chi connectivity index (χ3n) is 3.80. The average Bonchev–Trinajstić information content (AvgIpc) is 2.55. The van der Waals surface area contributed by atoms with Crippen LogP contribution in [0.4, 0.5) is 4.39 Å². The van der Waals surface area contributed by atoms with Crippen molar-refractivity contribution in [3.05, 3.63) is 70.5 Å². The first-order valence-corrected chi connectivity index (χ1v) is 10.1. The minimum Gasteiger partial charge on any atom is -0.341 e. The fraction of sp³-hybridized carbons (Fsp3) is 0.278. The second kappa shape index (κ2) is 8.62. The van der Waals surface area contributed by atoms with Crippen LogP contribution in [-0.2, 0) is 21.4 Å². The Morgan fingerprint density at radius 1 is 1.19 bits per heavy atom. The van der Waals surface area contributed by atoms with E-state index in [2.05, 4.69) is 4.72 Å². The van der Waals surface area contributed by atoms with Crippen LogP contribution in [0.15, 0.2) is 48.5 Å². The predicted octanol–water partition coefficient (Wildman–Crippen LogP) is 3.12. The lowest BCUT2D eigenvalue weighted by atomic mass is 10.0. The lowest BCUT2D eigenvalue weighted by Gasteiger charge is -2.22. The average molecular weight is 399 g/mol. The smallest absolute Gasteiger partial charge is 0.224 e. The number of nitrogens with one attached hydrogen (secondary N) is 1. The van der Waals surface area contributed by atoms with Gasteiger partial charge in [-0.2, -0.15) is 0 Å². The van der Waals surface area contributed by atoms with Gasteiger partial charge < -0.3 is 4.90 Å². The summed E-state index contributed by atoms with van der Waals surface area (Å²) in [5.74, 6) is -0.708. The van der Waals surface area contributed by atoms with Crippen LogP contribution in [0, 0.1) is 5.82 Å². The summed E-state index contributed by atoms with van der Waals surface area (Å²) in [6.07, 6.45) is 0.934. The van der Waals surface area contributed by atoms with Gasteiger partial charge in [-0.05, 0) is 23.8 Å². The topological polar surface area (TPSA) is 66.5 Å². The number of nitrogens with zero attached hydrogens (tertiary/aromatic N) is 1. The Morgan fingerprint density at radius 3 is 2.38 bits per heavy atom. The molecular weight excluding hydrogens is 379 g/mol. The lowest BCUT2D eigenvalue weighted by Crippen LogP contribution is -2.34. The minimum absolute atomic E-state index is 0.0950. The second-order valence-electron chi connectivity index (χ2n) is 6.04. The van der Waals surface area contributed by atoms with Gasteiger partial charge in [0.1, 0.15) is 5.82 Å². The van der Waals surface area contributed by atoms with Crippen LogP contribution in [0.5, 0.6) is 0 Å². The van der Waals surface area contributed by atoms with E-state index >= 15 is 0 Å². The molecule has 8 heteroatoms. The Kier molecular flexibility index (Phi) is 6.75. The fourth-order valence-corrected chi connectivity index (χ4v) is 3.34. The van der Waals surface area contributed by atoms with Crippen molar-refractivity contribution >= 4 is 27.5 Å². The van der Waals surface area contributed by atoms with Crippen molar-refractivity contribution < 1.29 is 17.6 Å². The van der Waals surface area contributed by atoms with Crippen molar-refractivity contribution in [1.29, 1.82) is 0 Å². The van der Waals surface area contributed by atoms with Crippen LogP contribution in [0.2, 0.25) is 5.02 Å². The van der Waals surface area contributed by atoms with Crippen LogP contribution in [-0.4, -0.2) is 32.5 Å². The summed E-state index contributed by atoms with van der Waals surface area (Å²) in [6.45, 7) is 0.0950. The summed E-state index contributed by atoms with van der Waals surface area (Å²) in [5.41, 5.74) is 1.01. The zero-order valence-electron chi connectivity index (χ0n) is 14.4. The van der Waals surface area contributed by atoms with E-state index in [9.17, 15) is 17.6 Å². The highest BCUT2D eigenvalue weighted by atomic mass is 35.5. The maximum absolute atomic E-state index is 13.8. The van der Waals surface area contributed by atoms with Gasteiger partial charge in [0.25, 0.3) is 0 Å². The molecule has 2 aromatic carbocycles. The molecule has 1 atom stereocenters. The lowest BCUT2D eigenvalue weighted by molar-refractivity contribution is -0.130. The monoisotopic (exact) mass is 398 g/mol. The van der Waals surface area contributed by atoms with Crippen LogP contribution >= 0.6 is 11.6 Å². The number of amides is 1. The number of carbonyl (C=O) groups is 1. The number of hydrogen-bond donors (Lipinski definition) is 1. The Morgan fingerprint density at radius 2 is 1.81 bits per heavy atom. The van der Waals surface area contributed by atoms with E-state index in [0.29, 0.717) is 16.1 Å². The quantitative estimate of drug-likeness (QED) is 0.779. The molecule has 5 nitrogen and oxygen atoms in total. The van der Waals surface area contributed by atoms with E-state index in [1.807, 2.05) is 0 Å². The van der Waals surface area contributed by atoms with Crippen molar-refractivity contribution in [2.75, 3.05) is 13.3 Å². The maximum atomic E-state index is 13.8. The molecule has 0 aliphatic heterocycles. The van der Waals surface area contributed by atoms with Gasteiger partial charge in [-0.1, -0.05) is 41.9 Å². The van der Waals surface area contributed by atoms with Gasteiger partial charge in [-0.15, -0.1) is 0 Å². The normalized spacial score (nSPS) is 12.6. The van der Waals surface area contributed by atoms with Gasteiger partial charge in [0.2, 0.25) is 15.9 Å². The molecule has 0 aromatic heterocycles. The van der Waals surface area contributed by atoms with E-state index in [-0.39, 0.29) is 18.9 Å². The third kappa shape index (κ3) is 6.09. The van der Waals surface area contributed by atoms with E-state index in [0.717, 1.165) is 6.26 Å². The number of halogens is 2. The molecule has 26 heavy (non-hydrogen) atoms. The van der Waals surface area contributed by atoms with Crippen molar-refractivity contribution in [2.45, 2.75) is 19.0 Å². The van der Waals surface area contributed by atoms with Crippen LogP contribution in [0.1, 0.15) is 23.6 Å². The summed E-state index contributed by atoms with van der Waals surface area (Å²) in [6, 6.07) is 12.0. The molecular formula is C18H20ClFN2O3S. The van der Waals surface area contributed by atoms with Crippen molar-refractivity contribution in [3.63, 3.8) is 0 Å². The van der Waals surface area contributed by atoms with Crippen molar-refractivity contribution in [2.24, 2.45) is 0 Å². The zero-order chi connectivity index (χ0) is 19.3. The molecule has 0 radical (unpaired) electrons. The predicted molar refractivity (Wildman–Crippen MR) is 99.7 cm³/mol. The summed E-state index contributed by atoms with van der Waals surface area (Å²) >= 11 is 5.86. The van der Waals surface area contributed by atoms with E-state index in [1.165, 1.54) is 11.0 Å². The molecule has 1 N–H and O–H groups in total. The first-order chi connectivity index (χ1) is 12.2. The zero-order valence-corrected chi connectivity index (χ0v) is 16.0. The molecule has 140 valence electrons. The van der Waals surface area contributed by atoms with Crippen LogP contribution in [0.25, 0.3) is 0 Å². The SMILES string of the molecule is CN(Cc1ccccc1F)C(=O)CC(NS(C)(=O)=O)c1ccc(Cl)cc1. The number of hydrogen-bond acceptors (Lipinski definition) is 3. The third-order valence-corrected chi connectivity index (χ3v) is 4.76. The molecule has 0 aliphatic rings. The van der Waals surface area contributed by atoms with E-state index in [4.69, 9.17) is 11.6 Å². The molecule has 0 heterocycles. The summed E-state index contributed by atoms with van der Waals surface area (Å²) in [4.78, 5) is 13.9. The number of carbonyl (C=O) groups excluding carboxylic acids is 1. The Hall–Kier alpha value is -1.96. The largest absolute Gasteiger partial charge is 0.341 e. The number of benzene rings is 2. The van der Waals surface area contributed by atoms with Crippen LogP contribution in [0.3, 0.4) is 0 Å². The van der Waals surface area contributed by atoms with Gasteiger partial charge >= 0.3 is 0 Å². The molecule has 2 rings (SSSR count). The molecule has 0 spiro atoms. The number of sulfonamides is 1. The maximum Gasteiger partial charge on any atom is 0.224 e. The molecule has 0 fully saturated rings. The first kappa shape index (κ1) is 20.4. The van der Waals surface area contributed by atoms with E-state index < -0.39 is 21.9 Å². The molecule has 0 saturated carbocycles. The molecule has 1 amide bonds. The van der Waals surface area contributed by atoms with Gasteiger partial charge in [-0.3, -0.25) is 4.79 Å². The van der Waals surface area contributed by atoms with Crippen molar-refractivity contribution in [3.8, 4) is 0 Å². The van der Waals surface area contributed by atoms with E-state index in [1.54, 1.807) is 49.5 Å². The molecule has 2 aromatic rings. The van der Waals surface area contributed by atoms with Gasteiger partial charge in [0, 0.05) is 30.6 Å². The highest BCUT2D eigenvalue weighted by Gasteiger charge is 2.22. The Balaban J connectivity index is 2.14. The standard InChI is InChI=1S/C18H20ClFN2O3S/c1-22(12-14-5-3-4-6-16(14)20)18(23)11-17(21-26(2,24)25)13-7-9-15(19)10-8-13/h3-10,17,21H,11-12H2,1-2H3. The molecule has 0 bridgehead atoms. The van der Waals surface area contributed by atoms with Gasteiger partial charge in [0.15, 0.2) is 0 Å². The van der Waals surface area contributed by atoms with Crippen LogP contribution < -0.4 is 4.72 Å². The Labute approximate surface area is 157 Å². The first-order valence-electron chi connectivity index (χ1n) is 7.86. The highest BCUT2D eigenvalue weighted by Crippen LogP contribution is 2.21. The molecule has 0 saturated heterocycles. The molecule has 1 unspecified atom stereocenters. The molecule has 0 aliphatic carbocycles.